The second kappa shape index (κ2) is 8.31. The lowest BCUT2D eigenvalue weighted by atomic mass is 10.2. The molecule has 126 valence electrons. The molecule has 1 aliphatic rings. The summed E-state index contributed by atoms with van der Waals surface area (Å²) >= 11 is 3.37. The molecule has 1 aromatic carbocycles. The van der Waals surface area contributed by atoms with E-state index in [4.69, 9.17) is 9.47 Å². The summed E-state index contributed by atoms with van der Waals surface area (Å²) in [6.07, 6.45) is 1.86. The van der Waals surface area contributed by atoms with Crippen molar-refractivity contribution in [1.82, 2.24) is 10.2 Å². The highest BCUT2D eigenvalue weighted by Crippen LogP contribution is 2.26. The van der Waals surface area contributed by atoms with Gasteiger partial charge in [-0.3, -0.25) is 4.79 Å². The summed E-state index contributed by atoms with van der Waals surface area (Å²) in [6.45, 7) is 1.42. The lowest BCUT2D eigenvalue weighted by Gasteiger charge is -2.25. The Morgan fingerprint density at radius 2 is 2.22 bits per heavy atom. The lowest BCUT2D eigenvalue weighted by Crippen LogP contribution is -2.42. The second-order valence-corrected chi connectivity index (χ2v) is 6.27. The number of halogens is 1. The zero-order valence-corrected chi connectivity index (χ0v) is 14.9. The number of esters is 1. The summed E-state index contributed by atoms with van der Waals surface area (Å²) in [6, 6.07) is 5.18. The SMILES string of the molecule is CNCC(=O)N1CCC[C@@H]1COc1cc(Br)ccc1C(=O)OC. The van der Waals surface area contributed by atoms with Crippen molar-refractivity contribution in [3.63, 3.8) is 0 Å². The molecule has 1 amide bonds. The fraction of sp³-hybridized carbons (Fsp3) is 0.500. The number of likely N-dealkylation sites (N-methyl/N-ethyl adjacent to an activating group) is 1. The molecule has 23 heavy (non-hydrogen) atoms. The predicted octanol–water partition coefficient (Wildman–Crippen LogP) is 1.82. The van der Waals surface area contributed by atoms with Crippen molar-refractivity contribution in [2.75, 3.05) is 33.9 Å². The van der Waals surface area contributed by atoms with Gasteiger partial charge in [-0.2, -0.15) is 0 Å². The minimum atomic E-state index is -0.443. The number of likely N-dealkylation sites (tertiary alicyclic amines) is 1. The van der Waals surface area contributed by atoms with Gasteiger partial charge in [0.1, 0.15) is 17.9 Å². The summed E-state index contributed by atoms with van der Waals surface area (Å²) < 4.78 is 11.4. The van der Waals surface area contributed by atoms with Crippen molar-refractivity contribution < 1.29 is 19.1 Å². The molecule has 0 radical (unpaired) electrons. The molecule has 2 rings (SSSR count). The van der Waals surface area contributed by atoms with E-state index in [1.807, 2.05) is 4.90 Å². The molecule has 6 nitrogen and oxygen atoms in total. The topological polar surface area (TPSA) is 67.9 Å². The van der Waals surface area contributed by atoms with Gasteiger partial charge >= 0.3 is 5.97 Å². The minimum absolute atomic E-state index is 0.0281. The molecule has 0 unspecified atom stereocenters. The third kappa shape index (κ3) is 4.45. The van der Waals surface area contributed by atoms with Crippen molar-refractivity contribution in [2.45, 2.75) is 18.9 Å². The molecule has 1 saturated heterocycles. The van der Waals surface area contributed by atoms with Gasteiger partial charge in [0.2, 0.25) is 5.91 Å². The van der Waals surface area contributed by atoms with Crippen LogP contribution >= 0.6 is 15.9 Å². The molecule has 1 aromatic rings. The highest BCUT2D eigenvalue weighted by molar-refractivity contribution is 9.10. The number of rotatable bonds is 6. The largest absolute Gasteiger partial charge is 0.490 e. The molecule has 7 heteroatoms. The first-order chi connectivity index (χ1) is 11.1. The van der Waals surface area contributed by atoms with Gasteiger partial charge in [-0.05, 0) is 38.1 Å². The summed E-state index contributed by atoms with van der Waals surface area (Å²) in [5, 5.41) is 2.88. The van der Waals surface area contributed by atoms with Crippen LogP contribution < -0.4 is 10.1 Å². The number of carbonyl (C=O) groups is 2. The highest BCUT2D eigenvalue weighted by atomic mass is 79.9. The Labute approximate surface area is 144 Å². The van der Waals surface area contributed by atoms with Crippen molar-refractivity contribution >= 4 is 27.8 Å². The Hall–Kier alpha value is -1.60. The molecule has 0 aromatic heterocycles. The van der Waals surface area contributed by atoms with Crippen LogP contribution in [0.15, 0.2) is 22.7 Å². The van der Waals surface area contributed by atoms with Crippen molar-refractivity contribution in [1.29, 1.82) is 0 Å². The molecule has 1 N–H and O–H groups in total. The maximum Gasteiger partial charge on any atom is 0.341 e. The third-order valence-corrected chi connectivity index (χ3v) is 4.30. The highest BCUT2D eigenvalue weighted by Gasteiger charge is 2.29. The summed E-state index contributed by atoms with van der Waals surface area (Å²) in [4.78, 5) is 25.7. The van der Waals surface area contributed by atoms with Crippen LogP contribution in [0.4, 0.5) is 0 Å². The van der Waals surface area contributed by atoms with E-state index >= 15 is 0 Å². The first-order valence-corrected chi connectivity index (χ1v) is 8.31. The Morgan fingerprint density at radius 1 is 1.43 bits per heavy atom. The summed E-state index contributed by atoms with van der Waals surface area (Å²) in [5.74, 6) is 0.0854. The number of nitrogens with zero attached hydrogens (tertiary/aromatic N) is 1. The van der Waals surface area contributed by atoms with Crippen LogP contribution in [0.25, 0.3) is 0 Å². The first kappa shape index (κ1) is 17.7. The van der Waals surface area contributed by atoms with E-state index in [9.17, 15) is 9.59 Å². The van der Waals surface area contributed by atoms with Crippen LogP contribution in [0.5, 0.6) is 5.75 Å². The number of hydrogen-bond acceptors (Lipinski definition) is 5. The third-order valence-electron chi connectivity index (χ3n) is 3.81. The van der Waals surface area contributed by atoms with E-state index in [0.717, 1.165) is 23.9 Å². The van der Waals surface area contributed by atoms with E-state index in [1.54, 1.807) is 25.2 Å². The molecule has 0 aliphatic carbocycles. The zero-order valence-electron chi connectivity index (χ0n) is 13.3. The summed E-state index contributed by atoms with van der Waals surface area (Å²) in [7, 11) is 3.09. The molecule has 0 saturated carbocycles. The van der Waals surface area contributed by atoms with Crippen LogP contribution in [0.3, 0.4) is 0 Å². The van der Waals surface area contributed by atoms with Crippen molar-refractivity contribution in [3.8, 4) is 5.75 Å². The van der Waals surface area contributed by atoms with Gasteiger partial charge < -0.3 is 19.7 Å². The number of nitrogens with one attached hydrogen (secondary N) is 1. The number of amides is 1. The van der Waals surface area contributed by atoms with E-state index in [0.29, 0.717) is 24.5 Å². The van der Waals surface area contributed by atoms with Gasteiger partial charge in [0.05, 0.1) is 19.7 Å². The fourth-order valence-electron chi connectivity index (χ4n) is 2.67. The number of ether oxygens (including phenoxy) is 2. The number of carbonyl (C=O) groups excluding carboxylic acids is 2. The smallest absolute Gasteiger partial charge is 0.341 e. The molecule has 1 atom stereocenters. The monoisotopic (exact) mass is 384 g/mol. The van der Waals surface area contributed by atoms with Gasteiger partial charge in [0.15, 0.2) is 0 Å². The van der Waals surface area contributed by atoms with Gasteiger partial charge in [0, 0.05) is 11.0 Å². The van der Waals surface area contributed by atoms with E-state index < -0.39 is 5.97 Å². The zero-order chi connectivity index (χ0) is 16.8. The van der Waals surface area contributed by atoms with Crippen molar-refractivity contribution in [3.05, 3.63) is 28.2 Å². The van der Waals surface area contributed by atoms with E-state index in [2.05, 4.69) is 21.2 Å². The standard InChI is InChI=1S/C16H21BrN2O4/c1-18-9-15(20)19-7-3-4-12(19)10-23-14-8-11(17)5-6-13(14)16(21)22-2/h5-6,8,12,18H,3-4,7,9-10H2,1-2H3/t12-/m1/s1. The van der Waals surface area contributed by atoms with Crippen molar-refractivity contribution in [2.24, 2.45) is 0 Å². The Kier molecular flexibility index (Phi) is 6.41. The summed E-state index contributed by atoms with van der Waals surface area (Å²) in [5.41, 5.74) is 0.377. The Bertz CT molecular complexity index is 579. The number of benzene rings is 1. The second-order valence-electron chi connectivity index (χ2n) is 5.36. The molecule has 0 bridgehead atoms. The maximum absolute atomic E-state index is 12.1. The molecular formula is C16H21BrN2O4. The van der Waals surface area contributed by atoms with E-state index in [-0.39, 0.29) is 11.9 Å². The molecule has 0 spiro atoms. The van der Waals surface area contributed by atoms with Gasteiger partial charge in [-0.1, -0.05) is 15.9 Å². The minimum Gasteiger partial charge on any atom is -0.490 e. The lowest BCUT2D eigenvalue weighted by molar-refractivity contribution is -0.131. The van der Waals surface area contributed by atoms with Gasteiger partial charge in [-0.25, -0.2) is 4.79 Å². The normalized spacial score (nSPS) is 17.2. The van der Waals surface area contributed by atoms with E-state index in [1.165, 1.54) is 7.11 Å². The van der Waals surface area contributed by atoms with Crippen LogP contribution in [-0.4, -0.2) is 56.7 Å². The number of hydrogen-bond donors (Lipinski definition) is 1. The molecule has 1 fully saturated rings. The maximum atomic E-state index is 12.1. The Morgan fingerprint density at radius 3 is 2.91 bits per heavy atom. The van der Waals surface area contributed by atoms with Crippen LogP contribution in [0.1, 0.15) is 23.2 Å². The molecular weight excluding hydrogens is 364 g/mol. The van der Waals surface area contributed by atoms with Gasteiger partial charge in [-0.15, -0.1) is 0 Å². The van der Waals surface area contributed by atoms with Crippen LogP contribution in [0, 0.1) is 0 Å². The molecule has 1 aliphatic heterocycles. The molecule has 1 heterocycles. The number of methoxy groups -OCH3 is 1. The predicted molar refractivity (Wildman–Crippen MR) is 89.6 cm³/mol. The first-order valence-electron chi connectivity index (χ1n) is 7.51. The fourth-order valence-corrected chi connectivity index (χ4v) is 3.01. The van der Waals surface area contributed by atoms with Gasteiger partial charge in [0.25, 0.3) is 0 Å². The van der Waals surface area contributed by atoms with Crippen LogP contribution in [0.2, 0.25) is 0 Å². The van der Waals surface area contributed by atoms with Crippen LogP contribution in [-0.2, 0) is 9.53 Å². The Balaban J connectivity index is 2.06. The quantitative estimate of drug-likeness (QED) is 0.757. The average Bonchev–Trinajstić information content (AvgIpc) is 3.01. The average molecular weight is 385 g/mol.